The van der Waals surface area contributed by atoms with E-state index in [1.807, 2.05) is 18.2 Å². The topological polar surface area (TPSA) is 29.5 Å². The lowest BCUT2D eigenvalue weighted by atomic mass is 9.98. The van der Waals surface area contributed by atoms with Crippen molar-refractivity contribution in [2.75, 3.05) is 18.0 Å². The van der Waals surface area contributed by atoms with E-state index in [0.717, 1.165) is 43.5 Å². The van der Waals surface area contributed by atoms with Gasteiger partial charge in [0, 0.05) is 25.2 Å². The van der Waals surface area contributed by atoms with Crippen LogP contribution in [-0.4, -0.2) is 19.4 Å². The van der Waals surface area contributed by atoms with Crippen LogP contribution in [0.3, 0.4) is 0 Å². The van der Waals surface area contributed by atoms with Crippen molar-refractivity contribution in [2.45, 2.75) is 32.3 Å². The highest BCUT2D eigenvalue weighted by molar-refractivity contribution is 5.61. The molecule has 0 unspecified atom stereocenters. The van der Waals surface area contributed by atoms with Gasteiger partial charge >= 0.3 is 0 Å². The van der Waals surface area contributed by atoms with Crippen LogP contribution < -0.4 is 9.64 Å². The summed E-state index contributed by atoms with van der Waals surface area (Å²) < 4.78 is 5.88. The molecule has 3 nitrogen and oxygen atoms in total. The molecule has 0 radical (unpaired) electrons. The molecule has 0 saturated carbocycles. The van der Waals surface area contributed by atoms with Crippen molar-refractivity contribution in [1.29, 1.82) is 0 Å². The van der Waals surface area contributed by atoms with E-state index < -0.39 is 0 Å². The second kappa shape index (κ2) is 9.42. The summed E-state index contributed by atoms with van der Waals surface area (Å²) >= 11 is 0. The van der Waals surface area contributed by atoms with Crippen molar-refractivity contribution in [3.8, 4) is 5.75 Å². The summed E-state index contributed by atoms with van der Waals surface area (Å²) in [5, 5.41) is 0. The molecule has 3 heteroatoms. The van der Waals surface area contributed by atoms with Gasteiger partial charge < -0.3 is 14.4 Å². The fourth-order valence-electron chi connectivity index (χ4n) is 3.94. The lowest BCUT2D eigenvalue weighted by Crippen LogP contribution is -2.31. The quantitative estimate of drug-likeness (QED) is 0.511. The number of rotatable bonds is 8. The number of fused-ring (bicyclic) bond motifs is 1. The SMILES string of the molecule is O=CCc1ccc2c(c1)CCCN2CCc1ccc(OCc2ccccc2)cc1. The summed E-state index contributed by atoms with van der Waals surface area (Å²) in [6.45, 7) is 2.69. The third-order valence-electron chi connectivity index (χ3n) is 5.52. The van der Waals surface area contributed by atoms with Crippen LogP contribution in [0.25, 0.3) is 0 Å². The van der Waals surface area contributed by atoms with Gasteiger partial charge in [-0.2, -0.15) is 0 Å². The zero-order valence-electron chi connectivity index (χ0n) is 16.7. The minimum absolute atomic E-state index is 0.506. The van der Waals surface area contributed by atoms with Crippen molar-refractivity contribution < 1.29 is 9.53 Å². The molecule has 1 aliphatic rings. The molecular formula is C26H27NO2. The van der Waals surface area contributed by atoms with E-state index in [1.54, 1.807) is 0 Å². The van der Waals surface area contributed by atoms with Gasteiger partial charge in [-0.15, -0.1) is 0 Å². The van der Waals surface area contributed by atoms with E-state index in [1.165, 1.54) is 28.8 Å². The van der Waals surface area contributed by atoms with Crippen LogP contribution in [0.15, 0.2) is 72.8 Å². The number of benzene rings is 3. The number of aldehydes is 1. The Morgan fingerprint density at radius 3 is 2.48 bits per heavy atom. The molecule has 1 aliphatic heterocycles. The average Bonchev–Trinajstić information content (AvgIpc) is 2.78. The fourth-order valence-corrected chi connectivity index (χ4v) is 3.94. The molecule has 0 bridgehead atoms. The number of hydrogen-bond donors (Lipinski definition) is 0. The second-order valence-corrected chi connectivity index (χ2v) is 7.59. The maximum Gasteiger partial charge on any atom is 0.124 e. The molecule has 0 atom stereocenters. The highest BCUT2D eigenvalue weighted by atomic mass is 16.5. The predicted molar refractivity (Wildman–Crippen MR) is 118 cm³/mol. The molecular weight excluding hydrogens is 358 g/mol. The first-order chi connectivity index (χ1) is 14.3. The van der Waals surface area contributed by atoms with Gasteiger partial charge in [0.2, 0.25) is 0 Å². The minimum atomic E-state index is 0.506. The summed E-state index contributed by atoms with van der Waals surface area (Å²) in [6, 6.07) is 25.2. The summed E-state index contributed by atoms with van der Waals surface area (Å²) in [4.78, 5) is 13.3. The Bertz CT molecular complexity index is 935. The van der Waals surface area contributed by atoms with Gasteiger partial charge in [0.15, 0.2) is 0 Å². The number of carbonyl (C=O) groups is 1. The first kappa shape index (κ1) is 19.3. The largest absolute Gasteiger partial charge is 0.489 e. The number of ether oxygens (including phenoxy) is 1. The average molecular weight is 386 g/mol. The summed E-state index contributed by atoms with van der Waals surface area (Å²) in [5.74, 6) is 0.906. The maximum atomic E-state index is 10.8. The standard InChI is InChI=1S/C26H27NO2/c28-18-15-22-10-13-26-24(19-22)7-4-16-27(26)17-14-21-8-11-25(12-9-21)29-20-23-5-2-1-3-6-23/h1-3,5-6,8-13,18-19H,4,7,14-17,20H2. The molecule has 3 aromatic carbocycles. The van der Waals surface area contributed by atoms with E-state index in [2.05, 4.69) is 59.5 Å². The van der Waals surface area contributed by atoms with Crippen LogP contribution in [0.1, 0.15) is 28.7 Å². The van der Waals surface area contributed by atoms with Gasteiger partial charge in [-0.1, -0.05) is 54.6 Å². The Balaban J connectivity index is 1.33. The minimum Gasteiger partial charge on any atom is -0.489 e. The number of hydrogen-bond acceptors (Lipinski definition) is 3. The summed E-state index contributed by atoms with van der Waals surface area (Å²) in [7, 11) is 0. The Morgan fingerprint density at radius 2 is 1.69 bits per heavy atom. The molecule has 4 rings (SSSR count). The molecule has 0 aliphatic carbocycles. The number of anilines is 1. The van der Waals surface area contributed by atoms with Gasteiger partial charge in [-0.3, -0.25) is 0 Å². The Kier molecular flexibility index (Phi) is 6.25. The summed E-state index contributed by atoms with van der Waals surface area (Å²) in [6.07, 6.45) is 4.77. The van der Waals surface area contributed by atoms with Crippen LogP contribution in [-0.2, 0) is 30.7 Å². The number of carbonyl (C=O) groups excluding carboxylic acids is 1. The Hall–Kier alpha value is -3.07. The molecule has 0 spiro atoms. The first-order valence-corrected chi connectivity index (χ1v) is 10.4. The van der Waals surface area contributed by atoms with E-state index in [-0.39, 0.29) is 0 Å². The van der Waals surface area contributed by atoms with Crippen LogP contribution in [0.4, 0.5) is 5.69 Å². The van der Waals surface area contributed by atoms with Crippen molar-refractivity contribution in [3.05, 3.63) is 95.1 Å². The van der Waals surface area contributed by atoms with Gasteiger partial charge in [-0.25, -0.2) is 0 Å². The predicted octanol–water partition coefficient (Wildman–Crippen LogP) is 5.00. The normalized spacial score (nSPS) is 13.0. The van der Waals surface area contributed by atoms with Gasteiger partial charge in [0.1, 0.15) is 18.6 Å². The monoisotopic (exact) mass is 385 g/mol. The Morgan fingerprint density at radius 1 is 0.897 bits per heavy atom. The smallest absolute Gasteiger partial charge is 0.124 e. The second-order valence-electron chi connectivity index (χ2n) is 7.59. The van der Waals surface area contributed by atoms with Gasteiger partial charge in [0.25, 0.3) is 0 Å². The van der Waals surface area contributed by atoms with Crippen LogP contribution in [0, 0.1) is 0 Å². The maximum absolute atomic E-state index is 10.8. The number of aryl methyl sites for hydroxylation is 1. The molecule has 29 heavy (non-hydrogen) atoms. The lowest BCUT2D eigenvalue weighted by Gasteiger charge is -2.31. The van der Waals surface area contributed by atoms with Gasteiger partial charge in [-0.05, 0) is 59.7 Å². The van der Waals surface area contributed by atoms with Crippen molar-refractivity contribution in [2.24, 2.45) is 0 Å². The first-order valence-electron chi connectivity index (χ1n) is 10.4. The van der Waals surface area contributed by atoms with Crippen LogP contribution >= 0.6 is 0 Å². The fraction of sp³-hybridized carbons (Fsp3) is 0.269. The lowest BCUT2D eigenvalue weighted by molar-refractivity contribution is -0.107. The van der Waals surface area contributed by atoms with Crippen molar-refractivity contribution in [3.63, 3.8) is 0 Å². The molecule has 0 saturated heterocycles. The molecule has 148 valence electrons. The third kappa shape index (κ3) is 5.05. The highest BCUT2D eigenvalue weighted by Crippen LogP contribution is 2.28. The third-order valence-corrected chi connectivity index (χ3v) is 5.52. The van der Waals surface area contributed by atoms with Crippen molar-refractivity contribution in [1.82, 2.24) is 0 Å². The van der Waals surface area contributed by atoms with Crippen molar-refractivity contribution >= 4 is 12.0 Å². The van der Waals surface area contributed by atoms with E-state index in [9.17, 15) is 4.79 Å². The van der Waals surface area contributed by atoms with E-state index in [4.69, 9.17) is 4.74 Å². The molecule has 0 fully saturated rings. The molecule has 0 N–H and O–H groups in total. The van der Waals surface area contributed by atoms with E-state index >= 15 is 0 Å². The summed E-state index contributed by atoms with van der Waals surface area (Å²) in [5.41, 5.74) is 6.32. The number of nitrogens with zero attached hydrogens (tertiary/aromatic N) is 1. The molecule has 0 amide bonds. The molecule has 1 heterocycles. The van der Waals surface area contributed by atoms with Gasteiger partial charge in [0.05, 0.1) is 0 Å². The van der Waals surface area contributed by atoms with Crippen LogP contribution in [0.5, 0.6) is 5.75 Å². The highest BCUT2D eigenvalue weighted by Gasteiger charge is 2.17. The Labute approximate surface area is 172 Å². The van der Waals surface area contributed by atoms with E-state index in [0.29, 0.717) is 13.0 Å². The van der Waals surface area contributed by atoms with Crippen LogP contribution in [0.2, 0.25) is 0 Å². The molecule has 3 aromatic rings. The molecule has 0 aromatic heterocycles. The zero-order chi connectivity index (χ0) is 19.9. The zero-order valence-corrected chi connectivity index (χ0v) is 16.7.